The molecule has 7 nitrogen and oxygen atoms in total. The van der Waals surface area contributed by atoms with Gasteiger partial charge in [0.05, 0.1) is 23.5 Å². The van der Waals surface area contributed by atoms with Crippen LogP contribution in [-0.2, 0) is 20.3 Å². The molecule has 4 aromatic rings. The molecule has 2 heterocycles. The lowest BCUT2D eigenvalue weighted by Crippen LogP contribution is -2.14. The fraction of sp³-hybridized carbons (Fsp3) is 0.217. The van der Waals surface area contributed by atoms with Crippen LogP contribution in [0, 0.1) is 0 Å². The predicted molar refractivity (Wildman–Crippen MR) is 115 cm³/mol. The van der Waals surface area contributed by atoms with E-state index in [0.29, 0.717) is 17.2 Å². The second kappa shape index (κ2) is 8.39. The SMILES string of the molecule is CCCCOC(=O)c1c(CS(=O)(=O)c2ccccc2)ccc2c1oc(=O)c1occc12. The average molecular weight is 440 g/mol. The van der Waals surface area contributed by atoms with Gasteiger partial charge in [-0.05, 0) is 30.2 Å². The van der Waals surface area contributed by atoms with Gasteiger partial charge >= 0.3 is 11.6 Å². The van der Waals surface area contributed by atoms with Crippen molar-refractivity contribution in [2.75, 3.05) is 6.61 Å². The summed E-state index contributed by atoms with van der Waals surface area (Å²) in [6.07, 6.45) is 2.83. The van der Waals surface area contributed by atoms with E-state index < -0.39 is 27.2 Å². The van der Waals surface area contributed by atoms with Crippen LogP contribution in [0.5, 0.6) is 0 Å². The maximum atomic E-state index is 13.0. The summed E-state index contributed by atoms with van der Waals surface area (Å²) in [5.74, 6) is -1.18. The second-order valence-corrected chi connectivity index (χ2v) is 9.08. The smallest absolute Gasteiger partial charge is 0.380 e. The molecule has 0 bridgehead atoms. The number of benzene rings is 2. The first-order valence-electron chi connectivity index (χ1n) is 9.83. The molecule has 0 saturated heterocycles. The Hall–Kier alpha value is -3.39. The Morgan fingerprint density at radius 2 is 1.74 bits per heavy atom. The first-order valence-corrected chi connectivity index (χ1v) is 11.5. The normalized spacial score (nSPS) is 11.8. The van der Waals surface area contributed by atoms with Gasteiger partial charge in [0.25, 0.3) is 0 Å². The van der Waals surface area contributed by atoms with Crippen molar-refractivity contribution in [3.63, 3.8) is 0 Å². The highest BCUT2D eigenvalue weighted by Gasteiger charge is 2.26. The van der Waals surface area contributed by atoms with Crippen LogP contribution in [0.3, 0.4) is 0 Å². The van der Waals surface area contributed by atoms with Gasteiger partial charge in [-0.1, -0.05) is 43.7 Å². The Morgan fingerprint density at radius 1 is 1.00 bits per heavy atom. The average Bonchev–Trinajstić information content (AvgIpc) is 3.25. The highest BCUT2D eigenvalue weighted by atomic mass is 32.2. The van der Waals surface area contributed by atoms with Gasteiger partial charge in [-0.25, -0.2) is 18.0 Å². The van der Waals surface area contributed by atoms with Crippen LogP contribution in [0.2, 0.25) is 0 Å². The molecule has 0 saturated carbocycles. The Kier molecular flexibility index (Phi) is 5.65. The van der Waals surface area contributed by atoms with Crippen molar-refractivity contribution in [2.45, 2.75) is 30.4 Å². The largest absolute Gasteiger partial charge is 0.462 e. The van der Waals surface area contributed by atoms with Gasteiger partial charge in [-0.3, -0.25) is 0 Å². The van der Waals surface area contributed by atoms with Gasteiger partial charge in [0.1, 0.15) is 5.56 Å². The number of hydrogen-bond donors (Lipinski definition) is 0. The van der Waals surface area contributed by atoms with Crippen LogP contribution in [-0.4, -0.2) is 21.0 Å². The number of hydrogen-bond acceptors (Lipinski definition) is 7. The molecule has 2 aromatic heterocycles. The Labute approximate surface area is 178 Å². The molecule has 8 heteroatoms. The topological polar surface area (TPSA) is 104 Å². The van der Waals surface area contributed by atoms with Gasteiger partial charge in [-0.15, -0.1) is 0 Å². The summed E-state index contributed by atoms with van der Waals surface area (Å²) >= 11 is 0. The molecule has 0 atom stereocenters. The first-order chi connectivity index (χ1) is 14.9. The fourth-order valence-electron chi connectivity index (χ4n) is 3.40. The molecular formula is C23H20O7S. The van der Waals surface area contributed by atoms with E-state index in [1.165, 1.54) is 18.4 Å². The van der Waals surface area contributed by atoms with Crippen molar-refractivity contribution >= 4 is 37.7 Å². The number of unbranched alkanes of at least 4 members (excludes halogenated alkanes) is 1. The van der Waals surface area contributed by atoms with Crippen LogP contribution in [0.1, 0.15) is 35.7 Å². The zero-order chi connectivity index (χ0) is 22.0. The standard InChI is InChI=1S/C23H20O7S/c1-2-3-12-29-22(24)19-15(14-31(26,27)16-7-5-4-6-8-16)9-10-17-18-11-13-28-21(18)23(25)30-20(17)19/h4-11,13H,2-3,12,14H2,1H3. The quantitative estimate of drug-likeness (QED) is 0.237. The minimum absolute atomic E-state index is 0.0128. The summed E-state index contributed by atoms with van der Waals surface area (Å²) in [5.41, 5.74) is -0.598. The molecule has 0 aliphatic rings. The van der Waals surface area contributed by atoms with E-state index in [-0.39, 0.29) is 33.8 Å². The molecule has 0 fully saturated rings. The third kappa shape index (κ3) is 3.98. The molecule has 0 aliphatic carbocycles. The maximum Gasteiger partial charge on any atom is 0.380 e. The zero-order valence-electron chi connectivity index (χ0n) is 16.8. The molecule has 31 heavy (non-hydrogen) atoms. The molecule has 0 radical (unpaired) electrons. The maximum absolute atomic E-state index is 13.0. The highest BCUT2D eigenvalue weighted by molar-refractivity contribution is 7.90. The van der Waals surface area contributed by atoms with Gasteiger partial charge in [0, 0.05) is 10.8 Å². The van der Waals surface area contributed by atoms with Crippen molar-refractivity contribution in [1.82, 2.24) is 0 Å². The van der Waals surface area contributed by atoms with Crippen molar-refractivity contribution < 1.29 is 26.8 Å². The number of esters is 1. The van der Waals surface area contributed by atoms with Crippen LogP contribution < -0.4 is 5.63 Å². The number of carbonyl (C=O) groups is 1. The lowest BCUT2D eigenvalue weighted by molar-refractivity contribution is 0.0499. The van der Waals surface area contributed by atoms with Crippen LogP contribution in [0.15, 0.2) is 73.3 Å². The fourth-order valence-corrected chi connectivity index (χ4v) is 4.79. The summed E-state index contributed by atoms with van der Waals surface area (Å²) in [7, 11) is -3.75. The summed E-state index contributed by atoms with van der Waals surface area (Å²) in [5, 5.41) is 0.943. The first kappa shape index (κ1) is 20.9. The van der Waals surface area contributed by atoms with E-state index >= 15 is 0 Å². The minimum Gasteiger partial charge on any atom is -0.462 e. The molecule has 0 N–H and O–H groups in total. The molecule has 2 aromatic carbocycles. The van der Waals surface area contributed by atoms with E-state index in [4.69, 9.17) is 13.6 Å². The number of fused-ring (bicyclic) bond motifs is 3. The number of sulfone groups is 1. The summed E-state index contributed by atoms with van der Waals surface area (Å²) < 4.78 is 41.8. The second-order valence-electron chi connectivity index (χ2n) is 7.09. The Bertz CT molecular complexity index is 1410. The lowest BCUT2D eigenvalue weighted by Gasteiger charge is -2.12. The lowest BCUT2D eigenvalue weighted by atomic mass is 10.0. The van der Waals surface area contributed by atoms with Gasteiger partial charge in [-0.2, -0.15) is 0 Å². The molecular weight excluding hydrogens is 420 g/mol. The van der Waals surface area contributed by atoms with Gasteiger partial charge in [0.2, 0.25) is 5.58 Å². The molecule has 160 valence electrons. The summed E-state index contributed by atoms with van der Waals surface area (Å²) in [4.78, 5) is 25.5. The third-order valence-electron chi connectivity index (χ3n) is 4.96. The highest BCUT2D eigenvalue weighted by Crippen LogP contribution is 2.30. The molecule has 0 aliphatic heterocycles. The van der Waals surface area contributed by atoms with E-state index in [1.807, 2.05) is 6.92 Å². The van der Waals surface area contributed by atoms with E-state index in [0.717, 1.165) is 6.42 Å². The van der Waals surface area contributed by atoms with Crippen LogP contribution in [0.25, 0.3) is 21.9 Å². The molecule has 0 amide bonds. The monoisotopic (exact) mass is 440 g/mol. The van der Waals surface area contributed by atoms with Gasteiger partial charge < -0.3 is 13.6 Å². The minimum atomic E-state index is -3.75. The zero-order valence-corrected chi connectivity index (χ0v) is 17.6. The number of carbonyl (C=O) groups excluding carboxylic acids is 1. The van der Waals surface area contributed by atoms with Gasteiger partial charge in [0.15, 0.2) is 15.4 Å². The molecule has 4 rings (SSSR count). The van der Waals surface area contributed by atoms with Crippen LogP contribution >= 0.6 is 0 Å². The number of furan rings is 1. The molecule has 0 spiro atoms. The number of ether oxygens (including phenoxy) is 1. The predicted octanol–water partition coefficient (Wildman–Crippen LogP) is 4.47. The van der Waals surface area contributed by atoms with E-state index in [2.05, 4.69) is 0 Å². The van der Waals surface area contributed by atoms with Crippen molar-refractivity contribution in [2.24, 2.45) is 0 Å². The van der Waals surface area contributed by atoms with Crippen molar-refractivity contribution in [3.8, 4) is 0 Å². The third-order valence-corrected chi connectivity index (χ3v) is 6.64. The Balaban J connectivity index is 1.90. The van der Waals surface area contributed by atoms with Crippen LogP contribution in [0.4, 0.5) is 0 Å². The molecule has 0 unspecified atom stereocenters. The number of rotatable bonds is 7. The Morgan fingerprint density at radius 3 is 2.48 bits per heavy atom. The van der Waals surface area contributed by atoms with Crippen molar-refractivity contribution in [1.29, 1.82) is 0 Å². The van der Waals surface area contributed by atoms with E-state index in [1.54, 1.807) is 36.4 Å². The van der Waals surface area contributed by atoms with Crippen molar-refractivity contribution in [3.05, 3.63) is 76.3 Å². The summed E-state index contributed by atoms with van der Waals surface area (Å²) in [6.45, 7) is 2.13. The van der Waals surface area contributed by atoms with E-state index in [9.17, 15) is 18.0 Å². The summed E-state index contributed by atoms with van der Waals surface area (Å²) in [6, 6.07) is 12.7.